The summed E-state index contributed by atoms with van der Waals surface area (Å²) < 4.78 is 5.72. The Morgan fingerprint density at radius 2 is 1.86 bits per heavy atom. The second-order valence-electron chi connectivity index (χ2n) is 8.06. The largest absolute Gasteiger partial charge is 0.442 e. The summed E-state index contributed by atoms with van der Waals surface area (Å²) in [6.45, 7) is 5.92. The van der Waals surface area contributed by atoms with Gasteiger partial charge in [0.15, 0.2) is 0 Å². The van der Waals surface area contributed by atoms with Gasteiger partial charge in [-0.05, 0) is 35.4 Å². The number of aliphatic hydroxyl groups excluding tert-OH is 1. The van der Waals surface area contributed by atoms with Gasteiger partial charge in [0.1, 0.15) is 5.60 Å². The Hall–Kier alpha value is -2.24. The van der Waals surface area contributed by atoms with E-state index >= 15 is 0 Å². The Kier molecular flexibility index (Phi) is 6.96. The van der Waals surface area contributed by atoms with Crippen LogP contribution in [0.3, 0.4) is 0 Å². The fourth-order valence-corrected chi connectivity index (χ4v) is 3.53. The number of carbonyl (C=O) groups excluding carboxylic acids is 1. The quantitative estimate of drug-likeness (QED) is 0.610. The zero-order chi connectivity index (χ0) is 20.9. The SMILES string of the molecule is CNc1ccc(CC(C[C@@H](O)c2cccc(Cl)c2)(OC(N)=O)C(C)(C)C)cc1. The topological polar surface area (TPSA) is 84.6 Å². The van der Waals surface area contributed by atoms with E-state index < -0.39 is 23.2 Å². The van der Waals surface area contributed by atoms with Crippen molar-refractivity contribution in [2.75, 3.05) is 12.4 Å². The molecule has 0 bridgehead atoms. The number of primary amides is 1. The fraction of sp³-hybridized carbons (Fsp3) is 0.409. The maximum Gasteiger partial charge on any atom is 0.405 e. The summed E-state index contributed by atoms with van der Waals surface area (Å²) in [4.78, 5) is 11.8. The first-order valence-corrected chi connectivity index (χ1v) is 9.63. The molecular weight excluding hydrogens is 376 g/mol. The number of nitrogens with two attached hydrogens (primary N) is 1. The molecule has 1 unspecified atom stereocenters. The van der Waals surface area contributed by atoms with Crippen LogP contribution in [0.2, 0.25) is 5.02 Å². The number of benzene rings is 2. The molecule has 152 valence electrons. The smallest absolute Gasteiger partial charge is 0.405 e. The van der Waals surface area contributed by atoms with Gasteiger partial charge in [0.05, 0.1) is 6.10 Å². The van der Waals surface area contributed by atoms with E-state index in [1.807, 2.05) is 52.1 Å². The second-order valence-corrected chi connectivity index (χ2v) is 8.50. The van der Waals surface area contributed by atoms with Crippen molar-refractivity contribution in [3.05, 3.63) is 64.7 Å². The summed E-state index contributed by atoms with van der Waals surface area (Å²) in [7, 11) is 1.85. The molecule has 0 spiro atoms. The highest BCUT2D eigenvalue weighted by Gasteiger charge is 2.47. The van der Waals surface area contributed by atoms with E-state index in [0.717, 1.165) is 11.3 Å². The molecule has 6 heteroatoms. The molecule has 5 nitrogen and oxygen atoms in total. The lowest BCUT2D eigenvalue weighted by atomic mass is 9.69. The van der Waals surface area contributed by atoms with Crippen molar-refractivity contribution in [1.29, 1.82) is 0 Å². The van der Waals surface area contributed by atoms with E-state index in [9.17, 15) is 9.90 Å². The molecule has 0 aliphatic carbocycles. The minimum Gasteiger partial charge on any atom is -0.442 e. The van der Waals surface area contributed by atoms with Crippen LogP contribution in [0.25, 0.3) is 0 Å². The van der Waals surface area contributed by atoms with Crippen LogP contribution in [0.5, 0.6) is 0 Å². The van der Waals surface area contributed by atoms with Gasteiger partial charge in [-0.2, -0.15) is 0 Å². The summed E-state index contributed by atoms with van der Waals surface area (Å²) in [5.41, 5.74) is 6.58. The first kappa shape index (κ1) is 22.1. The average molecular weight is 405 g/mol. The summed E-state index contributed by atoms with van der Waals surface area (Å²) in [5.74, 6) is 0. The highest BCUT2D eigenvalue weighted by atomic mass is 35.5. The number of carbonyl (C=O) groups is 1. The second kappa shape index (κ2) is 8.84. The molecule has 4 N–H and O–H groups in total. The van der Waals surface area contributed by atoms with Gasteiger partial charge in [-0.3, -0.25) is 0 Å². The molecule has 2 aromatic rings. The number of halogens is 1. The first-order valence-electron chi connectivity index (χ1n) is 9.25. The highest BCUT2D eigenvalue weighted by Crippen LogP contribution is 2.43. The predicted octanol–water partition coefficient (Wildman–Crippen LogP) is 4.93. The summed E-state index contributed by atoms with van der Waals surface area (Å²) >= 11 is 6.07. The number of hydrogen-bond acceptors (Lipinski definition) is 4. The van der Waals surface area contributed by atoms with Crippen LogP contribution in [-0.2, 0) is 11.2 Å². The number of nitrogens with one attached hydrogen (secondary N) is 1. The van der Waals surface area contributed by atoms with Gasteiger partial charge >= 0.3 is 6.09 Å². The van der Waals surface area contributed by atoms with Gasteiger partial charge in [-0.1, -0.05) is 56.6 Å². The van der Waals surface area contributed by atoms with Gasteiger partial charge < -0.3 is 20.9 Å². The minimum absolute atomic E-state index is 0.188. The van der Waals surface area contributed by atoms with Crippen molar-refractivity contribution in [3.63, 3.8) is 0 Å². The Balaban J connectivity index is 2.42. The van der Waals surface area contributed by atoms with E-state index in [2.05, 4.69) is 5.32 Å². The Bertz CT molecular complexity index is 802. The van der Waals surface area contributed by atoms with Crippen molar-refractivity contribution in [2.24, 2.45) is 11.1 Å². The maximum absolute atomic E-state index is 11.8. The van der Waals surface area contributed by atoms with Gasteiger partial charge in [0.25, 0.3) is 0 Å². The van der Waals surface area contributed by atoms with E-state index in [4.69, 9.17) is 22.1 Å². The zero-order valence-corrected chi connectivity index (χ0v) is 17.6. The lowest BCUT2D eigenvalue weighted by molar-refractivity contribution is -0.0931. The Morgan fingerprint density at radius 1 is 1.21 bits per heavy atom. The molecule has 0 aromatic heterocycles. The van der Waals surface area contributed by atoms with E-state index in [0.29, 0.717) is 17.0 Å². The fourth-order valence-electron chi connectivity index (χ4n) is 3.33. The zero-order valence-electron chi connectivity index (χ0n) is 16.8. The molecule has 2 aromatic carbocycles. The van der Waals surface area contributed by atoms with Gasteiger partial charge in [-0.15, -0.1) is 0 Å². The van der Waals surface area contributed by atoms with Crippen molar-refractivity contribution in [1.82, 2.24) is 0 Å². The molecule has 0 saturated carbocycles. The molecule has 2 atom stereocenters. The van der Waals surface area contributed by atoms with Crippen molar-refractivity contribution in [3.8, 4) is 0 Å². The van der Waals surface area contributed by atoms with Crippen LogP contribution in [0.4, 0.5) is 10.5 Å². The molecular formula is C22H29ClN2O3. The summed E-state index contributed by atoms with van der Waals surface area (Å²) in [6, 6.07) is 14.9. The molecule has 0 saturated heterocycles. The maximum atomic E-state index is 11.8. The molecule has 0 aliphatic rings. The molecule has 0 radical (unpaired) electrons. The third-order valence-electron chi connectivity index (χ3n) is 5.15. The molecule has 0 heterocycles. The number of aliphatic hydroxyl groups is 1. The monoisotopic (exact) mass is 404 g/mol. The van der Waals surface area contributed by atoms with Gasteiger partial charge in [0, 0.05) is 36.0 Å². The average Bonchev–Trinajstić information content (AvgIpc) is 2.60. The molecule has 2 rings (SSSR count). The lowest BCUT2D eigenvalue weighted by Gasteiger charge is -2.45. The predicted molar refractivity (Wildman–Crippen MR) is 114 cm³/mol. The third-order valence-corrected chi connectivity index (χ3v) is 5.39. The minimum atomic E-state index is -1.01. The summed E-state index contributed by atoms with van der Waals surface area (Å²) in [6.07, 6.45) is -1.12. The lowest BCUT2D eigenvalue weighted by Crippen LogP contribution is -2.51. The van der Waals surface area contributed by atoms with Gasteiger partial charge in [0.2, 0.25) is 0 Å². The van der Waals surface area contributed by atoms with E-state index in [1.165, 1.54) is 0 Å². The Labute approximate surface area is 171 Å². The van der Waals surface area contributed by atoms with Crippen LogP contribution in [0.1, 0.15) is 44.4 Å². The number of rotatable bonds is 7. The molecule has 0 fully saturated rings. The van der Waals surface area contributed by atoms with Crippen molar-refractivity contribution < 1.29 is 14.6 Å². The first-order chi connectivity index (χ1) is 13.1. The van der Waals surface area contributed by atoms with E-state index in [1.54, 1.807) is 24.3 Å². The van der Waals surface area contributed by atoms with Crippen LogP contribution in [0.15, 0.2) is 48.5 Å². The molecule has 0 aliphatic heterocycles. The highest BCUT2D eigenvalue weighted by molar-refractivity contribution is 6.30. The van der Waals surface area contributed by atoms with Crippen molar-refractivity contribution in [2.45, 2.75) is 45.3 Å². The standard InChI is InChI=1S/C22H29ClN2O3/c1-21(2,3)22(28-20(24)27,13-15-8-10-18(25-4)11-9-15)14-19(26)16-6-5-7-17(23)12-16/h5-12,19,25-26H,13-14H2,1-4H3,(H2,24,27)/t19-,22?/m1/s1. The van der Waals surface area contributed by atoms with Crippen LogP contribution in [0, 0.1) is 5.41 Å². The van der Waals surface area contributed by atoms with Crippen molar-refractivity contribution >= 4 is 23.4 Å². The number of hydrogen-bond donors (Lipinski definition) is 3. The Morgan fingerprint density at radius 3 is 2.36 bits per heavy atom. The van der Waals surface area contributed by atoms with Crippen LogP contribution < -0.4 is 11.1 Å². The molecule has 1 amide bonds. The van der Waals surface area contributed by atoms with Crippen LogP contribution in [-0.4, -0.2) is 23.8 Å². The van der Waals surface area contributed by atoms with E-state index in [-0.39, 0.29) is 6.42 Å². The number of ether oxygens (including phenoxy) is 1. The number of anilines is 1. The number of amides is 1. The van der Waals surface area contributed by atoms with Crippen LogP contribution >= 0.6 is 11.6 Å². The summed E-state index contributed by atoms with van der Waals surface area (Å²) in [5, 5.41) is 14.5. The normalized spacial score (nSPS) is 14.8. The third kappa shape index (κ3) is 5.40. The molecule has 28 heavy (non-hydrogen) atoms. The van der Waals surface area contributed by atoms with Gasteiger partial charge in [-0.25, -0.2) is 4.79 Å².